The van der Waals surface area contributed by atoms with Crippen LogP contribution in [0.1, 0.15) is 17.2 Å². The number of hydrogen-bond acceptors (Lipinski definition) is 3. The highest BCUT2D eigenvalue weighted by molar-refractivity contribution is 5.73. The summed E-state index contributed by atoms with van der Waals surface area (Å²) in [5, 5.41) is 0. The van der Waals surface area contributed by atoms with Gasteiger partial charge < -0.3 is 10.5 Å². The van der Waals surface area contributed by atoms with Gasteiger partial charge >= 0.3 is 0 Å². The van der Waals surface area contributed by atoms with Crippen molar-refractivity contribution < 1.29 is 4.74 Å². The zero-order valence-corrected chi connectivity index (χ0v) is 7.53. The second-order valence-electron chi connectivity index (χ2n) is 3.21. The fraction of sp³-hybridized carbons (Fsp3) is 0.300. The van der Waals surface area contributed by atoms with E-state index >= 15 is 0 Å². The first-order valence-electron chi connectivity index (χ1n) is 4.28. The Hall–Kier alpha value is -1.51. The third kappa shape index (κ3) is 1.64. The molecular formula is C10H12N2O. The minimum atomic E-state index is 0.0832. The Bertz CT molecular complexity index is 347. The number of nitrogens with zero attached hydrogens (tertiary/aromatic N) is 1. The van der Waals surface area contributed by atoms with Gasteiger partial charge in [-0.2, -0.15) is 0 Å². The van der Waals surface area contributed by atoms with Gasteiger partial charge in [0.05, 0.1) is 0 Å². The Morgan fingerprint density at radius 1 is 1.54 bits per heavy atom. The monoisotopic (exact) mass is 176 g/mol. The van der Waals surface area contributed by atoms with Gasteiger partial charge in [0.1, 0.15) is 12.6 Å². The molecule has 0 fully saturated rings. The number of hydrogen-bond donors (Lipinski definition) is 1. The minimum Gasteiger partial charge on any atom is -0.463 e. The maximum Gasteiger partial charge on any atom is 0.282 e. The molecule has 3 nitrogen and oxygen atoms in total. The first-order valence-corrected chi connectivity index (χ1v) is 4.28. The van der Waals surface area contributed by atoms with Gasteiger partial charge in [0.2, 0.25) is 0 Å². The van der Waals surface area contributed by atoms with E-state index in [0.29, 0.717) is 12.6 Å². The van der Waals surface area contributed by atoms with Gasteiger partial charge in [-0.3, -0.25) is 0 Å². The Balaban J connectivity index is 2.26. The molecule has 1 aromatic carbocycles. The largest absolute Gasteiger partial charge is 0.463 e. The molecule has 0 bridgehead atoms. The lowest BCUT2D eigenvalue weighted by Crippen LogP contribution is -2.10. The minimum absolute atomic E-state index is 0.0832. The molecule has 2 N–H and O–H groups in total. The molecule has 0 unspecified atom stereocenters. The van der Waals surface area contributed by atoms with Crippen molar-refractivity contribution in [2.75, 3.05) is 6.61 Å². The summed E-state index contributed by atoms with van der Waals surface area (Å²) in [5.41, 5.74) is 7.83. The van der Waals surface area contributed by atoms with Crippen molar-refractivity contribution in [3.05, 3.63) is 35.4 Å². The highest BCUT2D eigenvalue weighted by Crippen LogP contribution is 2.22. The molecule has 0 aromatic heterocycles. The van der Waals surface area contributed by atoms with E-state index in [1.54, 1.807) is 0 Å². The van der Waals surface area contributed by atoms with Crippen LogP contribution in [0, 0.1) is 6.92 Å². The van der Waals surface area contributed by atoms with Crippen LogP contribution in [-0.2, 0) is 4.74 Å². The predicted octanol–water partition coefficient (Wildman–Crippen LogP) is 1.38. The molecule has 0 spiro atoms. The van der Waals surface area contributed by atoms with Crippen molar-refractivity contribution in [2.24, 2.45) is 10.7 Å². The van der Waals surface area contributed by atoms with Crippen LogP contribution in [0.4, 0.5) is 0 Å². The summed E-state index contributed by atoms with van der Waals surface area (Å²) >= 11 is 0. The van der Waals surface area contributed by atoms with Gasteiger partial charge in [-0.1, -0.05) is 29.8 Å². The Morgan fingerprint density at radius 2 is 2.38 bits per heavy atom. The second-order valence-corrected chi connectivity index (χ2v) is 3.21. The van der Waals surface area contributed by atoms with Crippen molar-refractivity contribution in [2.45, 2.75) is 13.0 Å². The fourth-order valence-electron chi connectivity index (χ4n) is 1.44. The second kappa shape index (κ2) is 3.09. The predicted molar refractivity (Wildman–Crippen MR) is 51.5 cm³/mol. The Morgan fingerprint density at radius 3 is 3.00 bits per heavy atom. The summed E-state index contributed by atoms with van der Waals surface area (Å²) in [6.45, 7) is 2.63. The molecule has 1 aliphatic heterocycles. The van der Waals surface area contributed by atoms with E-state index in [2.05, 4.69) is 24.0 Å². The summed E-state index contributed by atoms with van der Waals surface area (Å²) in [6, 6.07) is 8.62. The lowest BCUT2D eigenvalue weighted by atomic mass is 10.1. The number of aryl methyl sites for hydroxylation is 1. The van der Waals surface area contributed by atoms with E-state index in [1.807, 2.05) is 12.1 Å². The summed E-state index contributed by atoms with van der Waals surface area (Å²) < 4.78 is 5.09. The molecule has 0 saturated carbocycles. The third-order valence-electron chi connectivity index (χ3n) is 2.10. The van der Waals surface area contributed by atoms with Gasteiger partial charge in [0.15, 0.2) is 0 Å². The van der Waals surface area contributed by atoms with Crippen LogP contribution < -0.4 is 5.73 Å². The molecule has 1 aliphatic rings. The lowest BCUT2D eigenvalue weighted by Gasteiger charge is -2.05. The van der Waals surface area contributed by atoms with Crippen molar-refractivity contribution in [3.8, 4) is 0 Å². The molecule has 0 aliphatic carbocycles. The van der Waals surface area contributed by atoms with Crippen molar-refractivity contribution in [3.63, 3.8) is 0 Å². The van der Waals surface area contributed by atoms with Crippen molar-refractivity contribution in [1.29, 1.82) is 0 Å². The molecule has 1 atom stereocenters. The zero-order valence-electron chi connectivity index (χ0n) is 7.53. The molecule has 1 aromatic rings. The molecule has 0 amide bonds. The van der Waals surface area contributed by atoms with Crippen LogP contribution in [0.3, 0.4) is 0 Å². The SMILES string of the molecule is Cc1cccc([C@@H]2COC(N)=N2)c1. The van der Waals surface area contributed by atoms with Crippen molar-refractivity contribution in [1.82, 2.24) is 0 Å². The molecule has 1 heterocycles. The average molecular weight is 176 g/mol. The van der Waals surface area contributed by atoms with Crippen LogP contribution in [-0.4, -0.2) is 12.6 Å². The molecule has 0 radical (unpaired) electrons. The maximum atomic E-state index is 5.43. The summed E-state index contributed by atoms with van der Waals surface area (Å²) in [5.74, 6) is 0. The summed E-state index contributed by atoms with van der Waals surface area (Å²) in [7, 11) is 0. The lowest BCUT2D eigenvalue weighted by molar-refractivity contribution is 0.315. The highest BCUT2D eigenvalue weighted by Gasteiger charge is 2.18. The van der Waals surface area contributed by atoms with Gasteiger partial charge in [0, 0.05) is 0 Å². The van der Waals surface area contributed by atoms with Crippen molar-refractivity contribution >= 4 is 6.02 Å². The maximum absolute atomic E-state index is 5.43. The number of ether oxygens (including phenoxy) is 1. The molecule has 0 saturated heterocycles. The van der Waals surface area contributed by atoms with Crippen LogP contribution in [0.5, 0.6) is 0 Å². The smallest absolute Gasteiger partial charge is 0.282 e. The van der Waals surface area contributed by atoms with Crippen LogP contribution in [0.15, 0.2) is 29.3 Å². The van der Waals surface area contributed by atoms with E-state index in [4.69, 9.17) is 10.5 Å². The third-order valence-corrected chi connectivity index (χ3v) is 2.10. The van der Waals surface area contributed by atoms with Gasteiger partial charge in [-0.05, 0) is 12.5 Å². The van der Waals surface area contributed by atoms with E-state index in [-0.39, 0.29) is 6.04 Å². The van der Waals surface area contributed by atoms with E-state index < -0.39 is 0 Å². The summed E-state index contributed by atoms with van der Waals surface area (Å²) in [4.78, 5) is 4.17. The van der Waals surface area contributed by atoms with Gasteiger partial charge in [-0.25, -0.2) is 4.99 Å². The van der Waals surface area contributed by atoms with E-state index in [9.17, 15) is 0 Å². The standard InChI is InChI=1S/C10H12N2O/c1-7-3-2-4-8(5-7)9-6-13-10(11)12-9/h2-5,9H,6H2,1H3,(H2,11,12)/t9-/m0/s1. The molecule has 3 heteroatoms. The summed E-state index contributed by atoms with van der Waals surface area (Å²) in [6.07, 6.45) is 0. The first-order chi connectivity index (χ1) is 6.25. The van der Waals surface area contributed by atoms with Crippen LogP contribution in [0.2, 0.25) is 0 Å². The number of benzene rings is 1. The first kappa shape index (κ1) is 8.10. The normalized spacial score (nSPS) is 21.0. The number of rotatable bonds is 1. The number of nitrogens with two attached hydrogens (primary N) is 1. The molecular weight excluding hydrogens is 164 g/mol. The zero-order chi connectivity index (χ0) is 9.26. The van der Waals surface area contributed by atoms with Gasteiger partial charge in [-0.15, -0.1) is 0 Å². The van der Waals surface area contributed by atoms with Crippen LogP contribution >= 0.6 is 0 Å². The van der Waals surface area contributed by atoms with Crippen LogP contribution in [0.25, 0.3) is 0 Å². The van der Waals surface area contributed by atoms with E-state index in [0.717, 1.165) is 0 Å². The quantitative estimate of drug-likeness (QED) is 0.702. The molecule has 2 rings (SSSR count). The van der Waals surface area contributed by atoms with E-state index in [1.165, 1.54) is 11.1 Å². The molecule has 13 heavy (non-hydrogen) atoms. The topological polar surface area (TPSA) is 47.6 Å². The number of aliphatic imine (C=N–C) groups is 1. The average Bonchev–Trinajstić information content (AvgIpc) is 2.52. The Labute approximate surface area is 77.2 Å². The van der Waals surface area contributed by atoms with Gasteiger partial charge in [0.25, 0.3) is 6.02 Å². The fourth-order valence-corrected chi connectivity index (χ4v) is 1.44. The Kier molecular flexibility index (Phi) is 1.93. The number of amidine groups is 1. The highest BCUT2D eigenvalue weighted by atomic mass is 16.5. The molecule has 68 valence electrons.